The smallest absolute Gasteiger partial charge is 0.359 e. The number of carbonyl (C=O) groups is 2. The minimum atomic E-state index is -0.589. The third kappa shape index (κ3) is 3.52. The number of rotatable bonds is 4. The molecule has 1 aromatic carbocycles. The molecule has 2 aromatic rings. The first-order valence-corrected chi connectivity index (χ1v) is 8.05. The van der Waals surface area contributed by atoms with Gasteiger partial charge in [-0.2, -0.15) is 5.10 Å². The van der Waals surface area contributed by atoms with Crippen molar-refractivity contribution in [3.05, 3.63) is 30.0 Å². The van der Waals surface area contributed by atoms with Crippen LogP contribution in [0.15, 0.2) is 24.3 Å². The number of amides is 1. The number of aromatic amines is 1. The van der Waals surface area contributed by atoms with Crippen molar-refractivity contribution < 1.29 is 14.3 Å². The molecule has 1 saturated carbocycles. The fraction of sp³-hybridized carbons (Fsp3) is 0.471. The molecule has 0 unspecified atom stereocenters. The first-order valence-electron chi connectivity index (χ1n) is 8.05. The van der Waals surface area contributed by atoms with Crippen LogP contribution in [0.1, 0.15) is 43.1 Å². The van der Waals surface area contributed by atoms with E-state index in [1.807, 2.05) is 18.2 Å². The van der Waals surface area contributed by atoms with Gasteiger partial charge in [0.05, 0.1) is 5.52 Å². The van der Waals surface area contributed by atoms with Crippen LogP contribution in [0.4, 0.5) is 0 Å². The number of aromatic nitrogens is 2. The lowest BCUT2D eigenvalue weighted by molar-refractivity contribution is -0.125. The maximum atomic E-state index is 12.1. The van der Waals surface area contributed by atoms with Crippen LogP contribution in [0, 0.1) is 5.92 Å². The predicted molar refractivity (Wildman–Crippen MR) is 85.9 cm³/mol. The highest BCUT2D eigenvalue weighted by molar-refractivity contribution is 6.02. The Morgan fingerprint density at radius 3 is 2.91 bits per heavy atom. The number of esters is 1. The van der Waals surface area contributed by atoms with Gasteiger partial charge >= 0.3 is 5.97 Å². The van der Waals surface area contributed by atoms with E-state index in [0.717, 1.165) is 24.8 Å². The maximum absolute atomic E-state index is 12.1. The molecule has 0 aliphatic heterocycles. The van der Waals surface area contributed by atoms with E-state index in [0.29, 0.717) is 11.3 Å². The van der Waals surface area contributed by atoms with Crippen molar-refractivity contribution in [2.24, 2.45) is 5.92 Å². The molecule has 0 spiro atoms. The summed E-state index contributed by atoms with van der Waals surface area (Å²) in [5, 5.41) is 10.4. The molecule has 3 rings (SSSR count). The molecule has 0 saturated heterocycles. The highest BCUT2D eigenvalue weighted by atomic mass is 16.5. The van der Waals surface area contributed by atoms with Gasteiger partial charge in [0.25, 0.3) is 5.91 Å². The quantitative estimate of drug-likeness (QED) is 0.849. The zero-order valence-electron chi connectivity index (χ0n) is 13.2. The van der Waals surface area contributed by atoms with Crippen molar-refractivity contribution in [3.63, 3.8) is 0 Å². The number of nitrogens with zero attached hydrogens (tertiary/aromatic N) is 1. The van der Waals surface area contributed by atoms with Gasteiger partial charge in [-0.05, 0) is 24.8 Å². The van der Waals surface area contributed by atoms with Crippen LogP contribution in [0.5, 0.6) is 0 Å². The van der Waals surface area contributed by atoms with Crippen molar-refractivity contribution in [3.8, 4) is 0 Å². The average molecular weight is 315 g/mol. The number of nitrogens with one attached hydrogen (secondary N) is 2. The predicted octanol–water partition coefficient (Wildman–Crippen LogP) is 2.41. The van der Waals surface area contributed by atoms with Gasteiger partial charge in [-0.25, -0.2) is 4.79 Å². The van der Waals surface area contributed by atoms with Gasteiger partial charge in [0.2, 0.25) is 0 Å². The van der Waals surface area contributed by atoms with E-state index in [1.165, 1.54) is 6.42 Å². The summed E-state index contributed by atoms with van der Waals surface area (Å²) in [7, 11) is 0. The van der Waals surface area contributed by atoms with Crippen molar-refractivity contribution in [1.82, 2.24) is 15.5 Å². The molecule has 2 N–H and O–H groups in total. The summed E-state index contributed by atoms with van der Waals surface area (Å²) in [6.45, 7) is 1.87. The van der Waals surface area contributed by atoms with Crippen LogP contribution >= 0.6 is 0 Å². The van der Waals surface area contributed by atoms with Crippen molar-refractivity contribution in [2.75, 3.05) is 6.61 Å². The van der Waals surface area contributed by atoms with E-state index in [9.17, 15) is 9.59 Å². The summed E-state index contributed by atoms with van der Waals surface area (Å²) in [6, 6.07) is 7.48. The van der Waals surface area contributed by atoms with Crippen molar-refractivity contribution in [1.29, 1.82) is 0 Å². The molecule has 0 bridgehead atoms. The SMILES string of the molecule is C[C@H]1CCCC[C@@H]1NC(=O)COC(=O)c1n[nH]c2ccccc12. The Bertz CT molecular complexity index is 710. The molecule has 1 aromatic heterocycles. The van der Waals surface area contributed by atoms with Crippen LogP contribution in [0.3, 0.4) is 0 Å². The topological polar surface area (TPSA) is 84.1 Å². The summed E-state index contributed by atoms with van der Waals surface area (Å²) in [4.78, 5) is 24.1. The van der Waals surface area contributed by atoms with Crippen molar-refractivity contribution >= 4 is 22.8 Å². The molecule has 6 nitrogen and oxygen atoms in total. The Morgan fingerprint density at radius 2 is 2.09 bits per heavy atom. The van der Waals surface area contributed by atoms with E-state index in [-0.39, 0.29) is 24.2 Å². The first-order chi connectivity index (χ1) is 11.1. The van der Waals surface area contributed by atoms with Crippen LogP contribution in [0.25, 0.3) is 10.9 Å². The lowest BCUT2D eigenvalue weighted by Crippen LogP contribution is -2.42. The zero-order valence-corrected chi connectivity index (χ0v) is 13.2. The largest absolute Gasteiger partial charge is 0.451 e. The normalized spacial score (nSPS) is 21.1. The number of benzene rings is 1. The molecule has 1 aliphatic rings. The van der Waals surface area contributed by atoms with E-state index >= 15 is 0 Å². The molecule has 2 atom stereocenters. The van der Waals surface area contributed by atoms with Gasteiger partial charge in [-0.1, -0.05) is 38.0 Å². The third-order valence-electron chi connectivity index (χ3n) is 4.46. The number of para-hydroxylation sites is 1. The number of hydrogen-bond donors (Lipinski definition) is 2. The average Bonchev–Trinajstić information content (AvgIpc) is 2.99. The van der Waals surface area contributed by atoms with Gasteiger partial charge in [0.1, 0.15) is 0 Å². The van der Waals surface area contributed by atoms with Crippen molar-refractivity contribution in [2.45, 2.75) is 38.6 Å². The molecule has 1 amide bonds. The van der Waals surface area contributed by atoms with Gasteiger partial charge in [0, 0.05) is 11.4 Å². The molecule has 122 valence electrons. The van der Waals surface area contributed by atoms with Crippen LogP contribution < -0.4 is 5.32 Å². The third-order valence-corrected chi connectivity index (χ3v) is 4.46. The first kappa shape index (κ1) is 15.5. The van der Waals surface area contributed by atoms with Crippen LogP contribution in [-0.4, -0.2) is 34.7 Å². The lowest BCUT2D eigenvalue weighted by Gasteiger charge is -2.29. The number of ether oxygens (including phenoxy) is 1. The monoisotopic (exact) mass is 315 g/mol. The standard InChI is InChI=1S/C17H21N3O3/c1-11-6-2-4-8-13(11)18-15(21)10-23-17(22)16-12-7-3-5-9-14(12)19-20-16/h3,5,7,9,11,13H,2,4,6,8,10H2,1H3,(H,18,21)(H,19,20)/t11-,13-/m0/s1. The zero-order chi connectivity index (χ0) is 16.2. The molecule has 1 aliphatic carbocycles. The molecule has 6 heteroatoms. The van der Waals surface area contributed by atoms with E-state index in [1.54, 1.807) is 6.07 Å². The minimum Gasteiger partial charge on any atom is -0.451 e. The van der Waals surface area contributed by atoms with Gasteiger partial charge < -0.3 is 10.1 Å². The number of carbonyl (C=O) groups excluding carboxylic acids is 2. The lowest BCUT2D eigenvalue weighted by atomic mass is 9.86. The van der Waals surface area contributed by atoms with Crippen LogP contribution in [-0.2, 0) is 9.53 Å². The summed E-state index contributed by atoms with van der Waals surface area (Å²) in [6.07, 6.45) is 4.47. The van der Waals surface area contributed by atoms with Crippen LogP contribution in [0.2, 0.25) is 0 Å². The fourth-order valence-corrected chi connectivity index (χ4v) is 3.10. The molecule has 0 radical (unpaired) electrons. The summed E-state index contributed by atoms with van der Waals surface area (Å²) < 4.78 is 5.10. The Labute approximate surface area is 134 Å². The minimum absolute atomic E-state index is 0.182. The second-order valence-corrected chi connectivity index (χ2v) is 6.13. The van der Waals surface area contributed by atoms with E-state index in [2.05, 4.69) is 22.4 Å². The second kappa shape index (κ2) is 6.81. The Kier molecular flexibility index (Phi) is 4.60. The number of fused-ring (bicyclic) bond motifs is 1. The van der Waals surface area contributed by atoms with E-state index in [4.69, 9.17) is 4.74 Å². The molecule has 1 fully saturated rings. The Hall–Kier alpha value is -2.37. The highest BCUT2D eigenvalue weighted by Gasteiger charge is 2.23. The number of hydrogen-bond acceptors (Lipinski definition) is 4. The molecular weight excluding hydrogens is 294 g/mol. The molecule has 23 heavy (non-hydrogen) atoms. The second-order valence-electron chi connectivity index (χ2n) is 6.13. The summed E-state index contributed by atoms with van der Waals surface area (Å²) in [5.74, 6) is -0.370. The maximum Gasteiger partial charge on any atom is 0.359 e. The summed E-state index contributed by atoms with van der Waals surface area (Å²) >= 11 is 0. The number of H-pyrrole nitrogens is 1. The molecule has 1 heterocycles. The van der Waals surface area contributed by atoms with Gasteiger partial charge in [-0.15, -0.1) is 0 Å². The Morgan fingerprint density at radius 1 is 1.30 bits per heavy atom. The fourth-order valence-electron chi connectivity index (χ4n) is 3.10. The van der Waals surface area contributed by atoms with Gasteiger partial charge in [-0.3, -0.25) is 9.89 Å². The molecular formula is C17H21N3O3. The Balaban J connectivity index is 1.55. The van der Waals surface area contributed by atoms with E-state index < -0.39 is 5.97 Å². The highest BCUT2D eigenvalue weighted by Crippen LogP contribution is 2.23. The van der Waals surface area contributed by atoms with Gasteiger partial charge in [0.15, 0.2) is 12.3 Å². The summed E-state index contributed by atoms with van der Waals surface area (Å²) in [5.41, 5.74) is 0.972.